The lowest BCUT2D eigenvalue weighted by Crippen LogP contribution is -2.11. The van der Waals surface area contributed by atoms with Crippen LogP contribution in [0.3, 0.4) is 0 Å². The first-order chi connectivity index (χ1) is 7.97. The Bertz CT molecular complexity index is 421. The predicted octanol–water partition coefficient (Wildman–Crippen LogP) is 1.69. The van der Waals surface area contributed by atoms with Crippen molar-refractivity contribution in [1.29, 1.82) is 0 Å². The minimum atomic E-state index is -1.03. The van der Waals surface area contributed by atoms with Gasteiger partial charge in [0.25, 0.3) is 0 Å². The van der Waals surface area contributed by atoms with Crippen LogP contribution in [0.4, 0.5) is 0 Å². The molecule has 0 unspecified atom stereocenters. The van der Waals surface area contributed by atoms with Gasteiger partial charge in [0.2, 0.25) is 0 Å². The molecule has 0 aliphatic carbocycles. The molecule has 0 saturated heterocycles. The number of hydrogen-bond acceptors (Lipinski definition) is 5. The second kappa shape index (κ2) is 5.97. The summed E-state index contributed by atoms with van der Waals surface area (Å²) in [6.45, 7) is 5.56. The van der Waals surface area contributed by atoms with Gasteiger partial charge in [-0.2, -0.15) is 0 Å². The fourth-order valence-electron chi connectivity index (χ4n) is 1.32. The summed E-state index contributed by atoms with van der Waals surface area (Å²) in [5.41, 5.74) is 0.601. The molecule has 1 heterocycles. The zero-order valence-corrected chi connectivity index (χ0v) is 10.9. The summed E-state index contributed by atoms with van der Waals surface area (Å²) in [5, 5.41) is 18.3. The van der Waals surface area contributed by atoms with Crippen LogP contribution in [-0.4, -0.2) is 38.5 Å². The Morgan fingerprint density at radius 1 is 1.41 bits per heavy atom. The van der Waals surface area contributed by atoms with Crippen molar-refractivity contribution in [2.75, 3.05) is 12.4 Å². The molecule has 0 fully saturated rings. The standard InChI is InChI=1S/C11H16N2O3S/c1-6(2)9-12-7(3)8(11(15)16)10(13-9)17-5-4-14/h6,14H,4-5H2,1-3H3,(H,15,16). The molecule has 0 amide bonds. The first kappa shape index (κ1) is 13.9. The summed E-state index contributed by atoms with van der Waals surface area (Å²) in [7, 11) is 0. The number of rotatable bonds is 5. The Kier molecular flexibility index (Phi) is 4.89. The maximum absolute atomic E-state index is 11.1. The zero-order valence-electron chi connectivity index (χ0n) is 10.1. The maximum atomic E-state index is 11.1. The Morgan fingerprint density at radius 2 is 2.06 bits per heavy atom. The Labute approximate surface area is 104 Å². The van der Waals surface area contributed by atoms with Crippen LogP contribution in [0.5, 0.6) is 0 Å². The van der Waals surface area contributed by atoms with Gasteiger partial charge in [-0.15, -0.1) is 11.8 Å². The molecule has 0 saturated carbocycles. The lowest BCUT2D eigenvalue weighted by molar-refractivity contribution is 0.0690. The fourth-order valence-corrected chi connectivity index (χ4v) is 2.14. The lowest BCUT2D eigenvalue weighted by Gasteiger charge is -2.11. The van der Waals surface area contributed by atoms with E-state index in [1.165, 1.54) is 11.8 Å². The van der Waals surface area contributed by atoms with Gasteiger partial charge < -0.3 is 10.2 Å². The summed E-state index contributed by atoms with van der Waals surface area (Å²) >= 11 is 1.24. The summed E-state index contributed by atoms with van der Waals surface area (Å²) in [6.07, 6.45) is 0. The average Bonchev–Trinajstić information content (AvgIpc) is 2.24. The largest absolute Gasteiger partial charge is 0.478 e. The van der Waals surface area contributed by atoms with Gasteiger partial charge in [-0.1, -0.05) is 13.8 Å². The maximum Gasteiger partial charge on any atom is 0.340 e. The van der Waals surface area contributed by atoms with E-state index in [0.29, 0.717) is 22.3 Å². The summed E-state index contributed by atoms with van der Waals surface area (Å²) in [4.78, 5) is 19.6. The van der Waals surface area contributed by atoms with Gasteiger partial charge in [-0.3, -0.25) is 0 Å². The van der Waals surface area contributed by atoms with Gasteiger partial charge >= 0.3 is 5.97 Å². The van der Waals surface area contributed by atoms with Crippen molar-refractivity contribution in [3.8, 4) is 0 Å². The van der Waals surface area contributed by atoms with Crippen LogP contribution >= 0.6 is 11.8 Å². The van der Waals surface area contributed by atoms with E-state index in [2.05, 4.69) is 9.97 Å². The number of aromatic carboxylic acids is 1. The third kappa shape index (κ3) is 3.41. The van der Waals surface area contributed by atoms with E-state index in [0.717, 1.165) is 0 Å². The van der Waals surface area contributed by atoms with E-state index >= 15 is 0 Å². The molecule has 0 radical (unpaired) electrons. The zero-order chi connectivity index (χ0) is 13.0. The van der Waals surface area contributed by atoms with Crippen LogP contribution in [0, 0.1) is 6.92 Å². The number of aliphatic hydroxyl groups excluding tert-OH is 1. The number of nitrogens with zero attached hydrogens (tertiary/aromatic N) is 2. The monoisotopic (exact) mass is 256 g/mol. The summed E-state index contributed by atoms with van der Waals surface area (Å²) in [6, 6.07) is 0. The van der Waals surface area contributed by atoms with E-state index in [1.807, 2.05) is 13.8 Å². The molecule has 0 atom stereocenters. The molecule has 5 nitrogen and oxygen atoms in total. The number of aliphatic hydroxyl groups is 1. The van der Waals surface area contributed by atoms with Gasteiger partial charge in [0.15, 0.2) is 0 Å². The first-order valence-corrected chi connectivity index (χ1v) is 6.31. The molecular weight excluding hydrogens is 240 g/mol. The molecule has 1 aromatic heterocycles. The van der Waals surface area contributed by atoms with E-state index in [1.54, 1.807) is 6.92 Å². The lowest BCUT2D eigenvalue weighted by atomic mass is 10.2. The molecule has 6 heteroatoms. The number of carboxylic acid groups (broad SMARTS) is 1. The highest BCUT2D eigenvalue weighted by atomic mass is 32.2. The van der Waals surface area contributed by atoms with Crippen molar-refractivity contribution in [3.63, 3.8) is 0 Å². The molecule has 1 aromatic rings. The molecule has 0 aliphatic heterocycles. The third-order valence-corrected chi connectivity index (χ3v) is 3.09. The number of thioether (sulfide) groups is 1. The normalized spacial score (nSPS) is 10.9. The molecule has 2 N–H and O–H groups in total. The van der Waals surface area contributed by atoms with Crippen molar-refractivity contribution in [1.82, 2.24) is 9.97 Å². The first-order valence-electron chi connectivity index (χ1n) is 5.32. The third-order valence-electron chi connectivity index (χ3n) is 2.13. The van der Waals surface area contributed by atoms with Crippen LogP contribution in [-0.2, 0) is 0 Å². The molecule has 1 rings (SSSR count). The van der Waals surface area contributed by atoms with Crippen LogP contribution in [0.2, 0.25) is 0 Å². The Hall–Kier alpha value is -1.14. The van der Waals surface area contributed by atoms with Crippen molar-refractivity contribution in [3.05, 3.63) is 17.1 Å². The van der Waals surface area contributed by atoms with Crippen molar-refractivity contribution < 1.29 is 15.0 Å². The van der Waals surface area contributed by atoms with E-state index in [4.69, 9.17) is 10.2 Å². The minimum absolute atomic E-state index is 0.0101. The molecule has 0 spiro atoms. The highest BCUT2D eigenvalue weighted by Crippen LogP contribution is 2.24. The van der Waals surface area contributed by atoms with Crippen molar-refractivity contribution in [2.45, 2.75) is 31.7 Å². The van der Waals surface area contributed by atoms with Crippen LogP contribution in [0.15, 0.2) is 5.03 Å². The number of aryl methyl sites for hydroxylation is 1. The number of carboxylic acids is 1. The van der Waals surface area contributed by atoms with Crippen molar-refractivity contribution in [2.24, 2.45) is 0 Å². The van der Waals surface area contributed by atoms with Gasteiger partial charge in [-0.05, 0) is 6.92 Å². The number of aromatic nitrogens is 2. The van der Waals surface area contributed by atoms with E-state index in [-0.39, 0.29) is 18.1 Å². The molecular formula is C11H16N2O3S. The average molecular weight is 256 g/mol. The fraction of sp³-hybridized carbons (Fsp3) is 0.545. The van der Waals surface area contributed by atoms with E-state index < -0.39 is 5.97 Å². The highest BCUT2D eigenvalue weighted by molar-refractivity contribution is 7.99. The second-order valence-corrected chi connectivity index (χ2v) is 4.96. The predicted molar refractivity (Wildman–Crippen MR) is 65.6 cm³/mol. The van der Waals surface area contributed by atoms with Crippen LogP contribution < -0.4 is 0 Å². The second-order valence-electron chi connectivity index (χ2n) is 3.88. The van der Waals surface area contributed by atoms with E-state index in [9.17, 15) is 4.79 Å². The van der Waals surface area contributed by atoms with Gasteiger partial charge in [-0.25, -0.2) is 14.8 Å². The number of hydrogen-bond donors (Lipinski definition) is 2. The van der Waals surface area contributed by atoms with Gasteiger partial charge in [0.05, 0.1) is 12.3 Å². The SMILES string of the molecule is Cc1nc(C(C)C)nc(SCCO)c1C(=O)O. The molecule has 0 aliphatic rings. The highest BCUT2D eigenvalue weighted by Gasteiger charge is 2.19. The smallest absolute Gasteiger partial charge is 0.340 e. The molecule has 0 bridgehead atoms. The molecule has 0 aromatic carbocycles. The summed E-state index contributed by atoms with van der Waals surface area (Å²) < 4.78 is 0. The molecule has 17 heavy (non-hydrogen) atoms. The minimum Gasteiger partial charge on any atom is -0.478 e. The quantitative estimate of drug-likeness (QED) is 0.616. The molecule has 94 valence electrons. The Balaban J connectivity index is 3.23. The Morgan fingerprint density at radius 3 is 2.53 bits per heavy atom. The van der Waals surface area contributed by atoms with Gasteiger partial charge in [0.1, 0.15) is 16.4 Å². The summed E-state index contributed by atoms with van der Waals surface area (Å²) in [5.74, 6) is 0.171. The van der Waals surface area contributed by atoms with Crippen LogP contribution in [0.1, 0.15) is 41.6 Å². The number of carbonyl (C=O) groups is 1. The van der Waals surface area contributed by atoms with Gasteiger partial charge in [0, 0.05) is 11.7 Å². The van der Waals surface area contributed by atoms with Crippen LogP contribution in [0.25, 0.3) is 0 Å². The van der Waals surface area contributed by atoms with Crippen molar-refractivity contribution >= 4 is 17.7 Å². The topological polar surface area (TPSA) is 83.3 Å².